The Morgan fingerprint density at radius 2 is 2.00 bits per heavy atom. The molecule has 6 heteroatoms. The lowest BCUT2D eigenvalue weighted by molar-refractivity contribution is -0.136. The summed E-state index contributed by atoms with van der Waals surface area (Å²) in [6.07, 6.45) is -0.260. The molecule has 0 amide bonds. The summed E-state index contributed by atoms with van der Waals surface area (Å²) in [6, 6.07) is 6.51. The molecule has 0 bridgehead atoms. The van der Waals surface area contributed by atoms with Crippen molar-refractivity contribution in [3.63, 3.8) is 0 Å². The molecule has 0 aliphatic rings. The van der Waals surface area contributed by atoms with Crippen LogP contribution in [0.25, 0.3) is 5.69 Å². The molecule has 5 nitrogen and oxygen atoms in total. The lowest BCUT2D eigenvalue weighted by atomic mass is 10.3. The van der Waals surface area contributed by atoms with E-state index in [0.717, 1.165) is 4.68 Å². The molecule has 1 heterocycles. The van der Waals surface area contributed by atoms with E-state index in [2.05, 4.69) is 5.10 Å². The number of nitrogens with one attached hydrogen (secondary N) is 1. The summed E-state index contributed by atoms with van der Waals surface area (Å²) < 4.78 is 13.9. The highest BCUT2D eigenvalue weighted by molar-refractivity contribution is 5.69. The van der Waals surface area contributed by atoms with Gasteiger partial charge < -0.3 is 5.11 Å². The predicted molar refractivity (Wildman–Crippen MR) is 57.7 cm³/mol. The minimum Gasteiger partial charge on any atom is -0.481 e. The third-order valence-corrected chi connectivity index (χ3v) is 2.20. The number of nitrogens with zero attached hydrogens (tertiary/aromatic N) is 1. The number of aliphatic carboxylic acids is 1. The van der Waals surface area contributed by atoms with Gasteiger partial charge in [0.15, 0.2) is 0 Å². The summed E-state index contributed by atoms with van der Waals surface area (Å²) in [7, 11) is 0. The van der Waals surface area contributed by atoms with Crippen molar-refractivity contribution in [2.24, 2.45) is 0 Å². The van der Waals surface area contributed by atoms with Crippen LogP contribution in [0.1, 0.15) is 5.69 Å². The number of hydrogen-bond acceptors (Lipinski definition) is 2. The minimum absolute atomic E-state index is 0.260. The summed E-state index contributed by atoms with van der Waals surface area (Å²) in [5.74, 6) is -1.43. The summed E-state index contributed by atoms with van der Waals surface area (Å²) in [5, 5.41) is 11.2. The molecule has 0 atom stereocenters. The van der Waals surface area contributed by atoms with Crippen LogP contribution in [0.2, 0.25) is 0 Å². The third kappa shape index (κ3) is 2.41. The van der Waals surface area contributed by atoms with E-state index in [4.69, 9.17) is 5.11 Å². The Labute approximate surface area is 95.1 Å². The second kappa shape index (κ2) is 4.25. The molecule has 0 aliphatic heterocycles. The normalized spacial score (nSPS) is 10.4. The number of carboxylic acid groups (broad SMARTS) is 1. The van der Waals surface area contributed by atoms with Crippen LogP contribution >= 0.6 is 0 Å². The van der Waals surface area contributed by atoms with Gasteiger partial charge in [0.25, 0.3) is 5.56 Å². The highest BCUT2D eigenvalue weighted by Gasteiger charge is 2.08. The molecule has 1 aromatic heterocycles. The van der Waals surface area contributed by atoms with Crippen molar-refractivity contribution in [3.8, 4) is 5.69 Å². The number of aromatic amines is 1. The zero-order chi connectivity index (χ0) is 12.4. The Morgan fingerprint density at radius 1 is 1.35 bits per heavy atom. The van der Waals surface area contributed by atoms with Crippen molar-refractivity contribution in [2.75, 3.05) is 0 Å². The second-order valence-corrected chi connectivity index (χ2v) is 3.50. The van der Waals surface area contributed by atoms with Crippen molar-refractivity contribution in [3.05, 3.63) is 52.2 Å². The molecule has 0 unspecified atom stereocenters. The van der Waals surface area contributed by atoms with Gasteiger partial charge in [-0.15, -0.1) is 0 Å². The number of halogens is 1. The van der Waals surface area contributed by atoms with Gasteiger partial charge in [-0.1, -0.05) is 0 Å². The first kappa shape index (κ1) is 11.1. The van der Waals surface area contributed by atoms with Crippen LogP contribution in [0, 0.1) is 5.82 Å². The molecule has 0 radical (unpaired) electrons. The second-order valence-electron chi connectivity index (χ2n) is 3.50. The molecule has 1 aromatic carbocycles. The maximum Gasteiger partial charge on any atom is 0.309 e. The van der Waals surface area contributed by atoms with E-state index in [1.807, 2.05) is 0 Å². The average Bonchev–Trinajstić information content (AvgIpc) is 2.59. The smallest absolute Gasteiger partial charge is 0.309 e. The van der Waals surface area contributed by atoms with Crippen molar-refractivity contribution in [2.45, 2.75) is 6.42 Å². The van der Waals surface area contributed by atoms with Crippen molar-refractivity contribution >= 4 is 5.97 Å². The zero-order valence-electron chi connectivity index (χ0n) is 8.68. The van der Waals surface area contributed by atoms with Crippen LogP contribution in [0.3, 0.4) is 0 Å². The first-order valence-electron chi connectivity index (χ1n) is 4.85. The number of hydrogen-bond donors (Lipinski definition) is 2. The largest absolute Gasteiger partial charge is 0.481 e. The Bertz CT molecular complexity index is 598. The van der Waals surface area contributed by atoms with Crippen molar-refractivity contribution < 1.29 is 14.3 Å². The predicted octanol–water partition coefficient (Wildman–Crippen LogP) is 0.932. The number of benzene rings is 1. The van der Waals surface area contributed by atoms with Gasteiger partial charge in [0.1, 0.15) is 5.82 Å². The van der Waals surface area contributed by atoms with Crippen LogP contribution in [-0.2, 0) is 11.2 Å². The van der Waals surface area contributed by atoms with Crippen LogP contribution in [0.15, 0.2) is 35.1 Å². The van der Waals surface area contributed by atoms with E-state index in [1.54, 1.807) is 0 Å². The Kier molecular flexibility index (Phi) is 2.78. The van der Waals surface area contributed by atoms with Gasteiger partial charge in [-0.05, 0) is 24.3 Å². The third-order valence-electron chi connectivity index (χ3n) is 2.20. The summed E-state index contributed by atoms with van der Waals surface area (Å²) in [5.41, 5.74) is 0.368. The first-order valence-corrected chi connectivity index (χ1v) is 4.85. The molecular formula is C11H9FN2O3. The molecule has 0 aliphatic carbocycles. The maximum absolute atomic E-state index is 12.7. The number of carboxylic acids is 1. The van der Waals surface area contributed by atoms with E-state index in [0.29, 0.717) is 11.4 Å². The summed E-state index contributed by atoms with van der Waals surface area (Å²) >= 11 is 0. The van der Waals surface area contributed by atoms with Crippen LogP contribution in [0.5, 0.6) is 0 Å². The van der Waals surface area contributed by atoms with Gasteiger partial charge in [-0.3, -0.25) is 14.7 Å². The van der Waals surface area contributed by atoms with Gasteiger partial charge in [0.2, 0.25) is 0 Å². The molecule has 2 rings (SSSR count). The van der Waals surface area contributed by atoms with E-state index in [9.17, 15) is 14.0 Å². The van der Waals surface area contributed by atoms with E-state index < -0.39 is 11.8 Å². The first-order chi connectivity index (χ1) is 8.06. The standard InChI is InChI=1S/C11H9FN2O3/c12-7-1-3-9(4-2-7)14-10(15)5-8(13-14)6-11(16)17/h1-5,13H,6H2,(H,16,17). The van der Waals surface area contributed by atoms with Gasteiger partial charge in [-0.2, -0.15) is 0 Å². The molecule has 17 heavy (non-hydrogen) atoms. The molecular weight excluding hydrogens is 227 g/mol. The lowest BCUT2D eigenvalue weighted by Gasteiger charge is -2.01. The fourth-order valence-electron chi connectivity index (χ4n) is 1.48. The molecule has 88 valence electrons. The molecule has 0 saturated heterocycles. The number of rotatable bonds is 3. The highest BCUT2D eigenvalue weighted by Crippen LogP contribution is 2.06. The number of aromatic nitrogens is 2. The topological polar surface area (TPSA) is 75.1 Å². The van der Waals surface area contributed by atoms with Gasteiger partial charge >= 0.3 is 5.97 Å². The van der Waals surface area contributed by atoms with Crippen LogP contribution in [0.4, 0.5) is 4.39 Å². The summed E-state index contributed by atoms with van der Waals surface area (Å²) in [6.45, 7) is 0. The van der Waals surface area contributed by atoms with Gasteiger partial charge in [-0.25, -0.2) is 9.07 Å². The number of carbonyl (C=O) groups is 1. The fourth-order valence-corrected chi connectivity index (χ4v) is 1.48. The zero-order valence-corrected chi connectivity index (χ0v) is 8.68. The van der Waals surface area contributed by atoms with Crippen molar-refractivity contribution in [1.82, 2.24) is 9.78 Å². The SMILES string of the molecule is O=C(O)Cc1cc(=O)n(-c2ccc(F)cc2)[nH]1. The van der Waals surface area contributed by atoms with Gasteiger partial charge in [0, 0.05) is 11.8 Å². The Hall–Kier alpha value is -2.37. The average molecular weight is 236 g/mol. The quantitative estimate of drug-likeness (QED) is 0.832. The van der Waals surface area contributed by atoms with Crippen LogP contribution < -0.4 is 5.56 Å². The Morgan fingerprint density at radius 3 is 2.59 bits per heavy atom. The van der Waals surface area contributed by atoms with E-state index in [-0.39, 0.29) is 12.0 Å². The molecule has 0 saturated carbocycles. The minimum atomic E-state index is -1.03. The molecule has 2 N–H and O–H groups in total. The van der Waals surface area contributed by atoms with Crippen molar-refractivity contribution in [1.29, 1.82) is 0 Å². The Balaban J connectivity index is 2.39. The monoisotopic (exact) mass is 236 g/mol. The lowest BCUT2D eigenvalue weighted by Crippen LogP contribution is -2.13. The number of H-pyrrole nitrogens is 1. The summed E-state index contributed by atoms with van der Waals surface area (Å²) in [4.78, 5) is 22.0. The van der Waals surface area contributed by atoms with Crippen LogP contribution in [-0.4, -0.2) is 20.9 Å². The van der Waals surface area contributed by atoms with Gasteiger partial charge in [0.05, 0.1) is 12.1 Å². The highest BCUT2D eigenvalue weighted by atomic mass is 19.1. The maximum atomic E-state index is 12.7. The van der Waals surface area contributed by atoms with E-state index in [1.165, 1.54) is 30.3 Å². The fraction of sp³-hybridized carbons (Fsp3) is 0.0909. The molecule has 2 aromatic rings. The van der Waals surface area contributed by atoms with E-state index >= 15 is 0 Å². The molecule has 0 spiro atoms. The molecule has 0 fully saturated rings.